The van der Waals surface area contributed by atoms with Crippen LogP contribution >= 0.6 is 11.6 Å². The van der Waals surface area contributed by atoms with Crippen LogP contribution in [0.15, 0.2) is 42.6 Å². The average molecular weight is 330 g/mol. The number of pyridine rings is 1. The molecule has 0 radical (unpaired) electrons. The Morgan fingerprint density at radius 1 is 1.17 bits per heavy atom. The van der Waals surface area contributed by atoms with E-state index in [-0.39, 0.29) is 0 Å². The third-order valence-corrected chi connectivity index (χ3v) is 3.94. The fraction of sp³-hybridized carbons (Fsp3) is 0.278. The van der Waals surface area contributed by atoms with Crippen molar-refractivity contribution in [3.63, 3.8) is 0 Å². The molecule has 4 nitrogen and oxygen atoms in total. The summed E-state index contributed by atoms with van der Waals surface area (Å²) in [6, 6.07) is 11.6. The van der Waals surface area contributed by atoms with Crippen molar-refractivity contribution < 1.29 is 4.74 Å². The first-order valence-corrected chi connectivity index (χ1v) is 7.91. The van der Waals surface area contributed by atoms with Crippen LogP contribution in [0.4, 0.5) is 0 Å². The van der Waals surface area contributed by atoms with E-state index in [9.17, 15) is 0 Å². The highest BCUT2D eigenvalue weighted by Gasteiger charge is 2.13. The summed E-state index contributed by atoms with van der Waals surface area (Å²) in [7, 11) is 4.11. The maximum Gasteiger partial charge on any atom is 0.180 e. The number of aromatic nitrogens is 2. The molecule has 0 aliphatic rings. The van der Waals surface area contributed by atoms with Gasteiger partial charge in [0.15, 0.2) is 11.4 Å². The van der Waals surface area contributed by atoms with Gasteiger partial charge in [0.25, 0.3) is 0 Å². The lowest BCUT2D eigenvalue weighted by Gasteiger charge is -2.11. The highest BCUT2D eigenvalue weighted by molar-refractivity contribution is 6.30. The Kier molecular flexibility index (Phi) is 4.55. The van der Waals surface area contributed by atoms with Crippen molar-refractivity contribution in [2.75, 3.05) is 14.1 Å². The van der Waals surface area contributed by atoms with Gasteiger partial charge in [0.1, 0.15) is 6.61 Å². The molecule has 0 amide bonds. The first kappa shape index (κ1) is 15.8. The number of hydrogen-bond acceptors (Lipinski definition) is 3. The number of halogens is 1. The smallest absolute Gasteiger partial charge is 0.180 e. The van der Waals surface area contributed by atoms with Crippen LogP contribution in [0.5, 0.6) is 5.75 Å². The predicted octanol–water partition coefficient (Wildman–Crippen LogP) is 3.94. The second-order valence-electron chi connectivity index (χ2n) is 5.86. The van der Waals surface area contributed by atoms with Gasteiger partial charge in [0.2, 0.25) is 0 Å². The zero-order chi connectivity index (χ0) is 16.4. The van der Waals surface area contributed by atoms with Crippen LogP contribution in [0.3, 0.4) is 0 Å². The van der Waals surface area contributed by atoms with Crippen molar-refractivity contribution in [3.05, 3.63) is 64.6 Å². The maximum atomic E-state index is 5.98. The van der Waals surface area contributed by atoms with E-state index in [1.807, 2.05) is 49.5 Å². The Bertz CT molecular complexity index is 809. The van der Waals surface area contributed by atoms with Gasteiger partial charge in [-0.3, -0.25) is 4.40 Å². The monoisotopic (exact) mass is 329 g/mol. The van der Waals surface area contributed by atoms with E-state index in [2.05, 4.69) is 28.4 Å². The fourth-order valence-electron chi connectivity index (χ4n) is 2.55. The van der Waals surface area contributed by atoms with Crippen LogP contribution in [0, 0.1) is 6.92 Å². The number of imidazole rings is 1. The number of benzene rings is 1. The summed E-state index contributed by atoms with van der Waals surface area (Å²) >= 11 is 5.91. The Hall–Kier alpha value is -2.04. The summed E-state index contributed by atoms with van der Waals surface area (Å²) in [6.45, 7) is 3.37. The zero-order valence-electron chi connectivity index (χ0n) is 13.6. The molecule has 0 fully saturated rings. The molecule has 3 aromatic rings. The van der Waals surface area contributed by atoms with Crippen LogP contribution in [-0.4, -0.2) is 28.4 Å². The van der Waals surface area contributed by atoms with Crippen molar-refractivity contribution in [2.45, 2.75) is 20.1 Å². The Morgan fingerprint density at radius 2 is 1.91 bits per heavy atom. The van der Waals surface area contributed by atoms with Gasteiger partial charge in [-0.2, -0.15) is 0 Å². The van der Waals surface area contributed by atoms with Gasteiger partial charge in [0.05, 0.1) is 11.4 Å². The Labute approximate surface area is 141 Å². The quantitative estimate of drug-likeness (QED) is 0.710. The second-order valence-corrected chi connectivity index (χ2v) is 6.30. The van der Waals surface area contributed by atoms with Crippen LogP contribution in [0.2, 0.25) is 5.02 Å². The topological polar surface area (TPSA) is 29.8 Å². The van der Waals surface area contributed by atoms with Crippen molar-refractivity contribution in [3.8, 4) is 5.75 Å². The first-order valence-electron chi connectivity index (χ1n) is 7.53. The molecule has 2 aromatic heterocycles. The van der Waals surface area contributed by atoms with Crippen LogP contribution in [0.1, 0.15) is 17.0 Å². The molecule has 0 spiro atoms. The summed E-state index contributed by atoms with van der Waals surface area (Å²) in [5.74, 6) is 0.788. The molecule has 0 aliphatic heterocycles. The molecule has 0 atom stereocenters. The zero-order valence-corrected chi connectivity index (χ0v) is 14.3. The number of rotatable bonds is 5. The fourth-order valence-corrected chi connectivity index (χ4v) is 2.68. The van der Waals surface area contributed by atoms with Crippen molar-refractivity contribution in [2.24, 2.45) is 0 Å². The highest BCUT2D eigenvalue weighted by Crippen LogP contribution is 2.23. The summed E-state index contributed by atoms with van der Waals surface area (Å²) in [5.41, 5.74) is 4.15. The lowest BCUT2D eigenvalue weighted by Crippen LogP contribution is -2.13. The summed E-state index contributed by atoms with van der Waals surface area (Å²) in [5, 5.41) is 0.730. The molecule has 0 bridgehead atoms. The molecular weight excluding hydrogens is 310 g/mol. The molecule has 5 heteroatoms. The van der Waals surface area contributed by atoms with Crippen molar-refractivity contribution >= 4 is 17.2 Å². The number of aryl methyl sites for hydroxylation is 1. The predicted molar refractivity (Wildman–Crippen MR) is 93.1 cm³/mol. The third-order valence-electron chi connectivity index (χ3n) is 3.69. The van der Waals surface area contributed by atoms with Gasteiger partial charge in [-0.25, -0.2) is 4.98 Å². The normalized spacial score (nSPS) is 11.3. The largest absolute Gasteiger partial charge is 0.485 e. The van der Waals surface area contributed by atoms with E-state index in [0.29, 0.717) is 6.61 Å². The molecule has 120 valence electrons. The number of hydrogen-bond donors (Lipinski definition) is 0. The molecule has 3 rings (SSSR count). The molecule has 2 heterocycles. The molecule has 23 heavy (non-hydrogen) atoms. The van der Waals surface area contributed by atoms with E-state index >= 15 is 0 Å². The SMILES string of the molecule is Cc1nc2c(OCc3ccc(Cl)cc3)cccn2c1CN(C)C. The van der Waals surface area contributed by atoms with E-state index in [1.165, 1.54) is 5.69 Å². The first-order chi connectivity index (χ1) is 11.0. The molecule has 0 N–H and O–H groups in total. The van der Waals surface area contributed by atoms with E-state index in [4.69, 9.17) is 16.3 Å². The molecule has 0 unspecified atom stereocenters. The number of ether oxygens (including phenoxy) is 1. The van der Waals surface area contributed by atoms with E-state index < -0.39 is 0 Å². The summed E-state index contributed by atoms with van der Waals surface area (Å²) in [6.07, 6.45) is 2.03. The molecular formula is C18H20ClN3O. The van der Waals surface area contributed by atoms with Crippen LogP contribution < -0.4 is 4.74 Å². The van der Waals surface area contributed by atoms with Gasteiger partial charge in [-0.15, -0.1) is 0 Å². The van der Waals surface area contributed by atoms with Gasteiger partial charge in [-0.1, -0.05) is 23.7 Å². The average Bonchev–Trinajstić information content (AvgIpc) is 2.83. The van der Waals surface area contributed by atoms with Crippen molar-refractivity contribution in [1.82, 2.24) is 14.3 Å². The number of fused-ring (bicyclic) bond motifs is 1. The van der Waals surface area contributed by atoms with Gasteiger partial charge in [-0.05, 0) is 50.8 Å². The van der Waals surface area contributed by atoms with Gasteiger partial charge < -0.3 is 9.64 Å². The molecule has 0 saturated carbocycles. The standard InChI is InChI=1S/C18H20ClN3O/c1-13-16(11-21(2)3)22-10-4-5-17(18(22)20-13)23-12-14-6-8-15(19)9-7-14/h4-10H,11-12H2,1-3H3. The lowest BCUT2D eigenvalue weighted by atomic mass is 10.2. The van der Waals surface area contributed by atoms with E-state index in [0.717, 1.165) is 34.2 Å². The molecule has 0 aliphatic carbocycles. The van der Waals surface area contributed by atoms with Crippen LogP contribution in [-0.2, 0) is 13.2 Å². The summed E-state index contributed by atoms with van der Waals surface area (Å²) < 4.78 is 8.08. The Morgan fingerprint density at radius 3 is 2.61 bits per heavy atom. The number of nitrogens with zero attached hydrogens (tertiary/aromatic N) is 3. The molecule has 1 aromatic carbocycles. The third kappa shape index (κ3) is 3.49. The lowest BCUT2D eigenvalue weighted by molar-refractivity contribution is 0.308. The minimum Gasteiger partial charge on any atom is -0.485 e. The minimum atomic E-state index is 0.492. The van der Waals surface area contributed by atoms with Crippen molar-refractivity contribution in [1.29, 1.82) is 0 Å². The van der Waals surface area contributed by atoms with Crippen LogP contribution in [0.25, 0.3) is 5.65 Å². The highest BCUT2D eigenvalue weighted by atomic mass is 35.5. The Balaban J connectivity index is 1.87. The summed E-state index contributed by atoms with van der Waals surface area (Å²) in [4.78, 5) is 6.82. The van der Waals surface area contributed by atoms with E-state index in [1.54, 1.807) is 0 Å². The van der Waals surface area contributed by atoms with Gasteiger partial charge >= 0.3 is 0 Å². The maximum absolute atomic E-state index is 5.98. The molecule has 0 saturated heterocycles. The second kappa shape index (κ2) is 6.60. The minimum absolute atomic E-state index is 0.492. The van der Waals surface area contributed by atoms with Gasteiger partial charge in [0, 0.05) is 17.8 Å².